The number of rotatable bonds is 7. The molecule has 0 saturated heterocycles. The van der Waals surface area contributed by atoms with Gasteiger partial charge in [-0.3, -0.25) is 0 Å². The fourth-order valence-electron chi connectivity index (χ4n) is 2.14. The largest absolute Gasteiger partial charge is 0.461 e. The summed E-state index contributed by atoms with van der Waals surface area (Å²) in [6.07, 6.45) is -1.88. The van der Waals surface area contributed by atoms with Crippen LogP contribution in [0.5, 0.6) is 0 Å². The van der Waals surface area contributed by atoms with E-state index >= 15 is 0 Å². The predicted molar refractivity (Wildman–Crippen MR) is 82.0 cm³/mol. The lowest BCUT2D eigenvalue weighted by Gasteiger charge is -2.25. The molecule has 1 atom stereocenters. The van der Waals surface area contributed by atoms with Crippen molar-refractivity contribution in [1.82, 2.24) is 0 Å². The van der Waals surface area contributed by atoms with Crippen LogP contribution in [0.4, 0.5) is 13.2 Å². The molecule has 0 spiro atoms. The summed E-state index contributed by atoms with van der Waals surface area (Å²) >= 11 is 0. The molecule has 0 aliphatic heterocycles. The van der Waals surface area contributed by atoms with Crippen molar-refractivity contribution in [1.29, 1.82) is 0 Å². The molecule has 0 aliphatic rings. The Hall–Kier alpha value is -2.34. The third kappa shape index (κ3) is 4.35. The SMILES string of the molecule is CCOC(=O)C(F)(F)C(OCc1ccccc1)c1ccc(F)cc1. The second-order valence-corrected chi connectivity index (χ2v) is 5.07. The highest BCUT2D eigenvalue weighted by atomic mass is 19.3. The summed E-state index contributed by atoms with van der Waals surface area (Å²) < 4.78 is 51.7. The maximum atomic E-state index is 14.5. The first-order valence-electron chi connectivity index (χ1n) is 7.41. The molecule has 0 heterocycles. The Labute approximate surface area is 138 Å². The third-order valence-corrected chi connectivity index (χ3v) is 3.31. The molecule has 2 rings (SSSR count). The van der Waals surface area contributed by atoms with Crippen molar-refractivity contribution in [2.75, 3.05) is 6.61 Å². The van der Waals surface area contributed by atoms with Crippen molar-refractivity contribution in [3.8, 4) is 0 Å². The van der Waals surface area contributed by atoms with Gasteiger partial charge in [0, 0.05) is 0 Å². The minimum atomic E-state index is -3.90. The van der Waals surface area contributed by atoms with Crippen molar-refractivity contribution in [2.45, 2.75) is 25.6 Å². The number of alkyl halides is 2. The summed E-state index contributed by atoms with van der Waals surface area (Å²) in [4.78, 5) is 11.6. The number of carbonyl (C=O) groups is 1. The number of ether oxygens (including phenoxy) is 2. The zero-order chi connectivity index (χ0) is 17.6. The van der Waals surface area contributed by atoms with Crippen molar-refractivity contribution in [3.63, 3.8) is 0 Å². The summed E-state index contributed by atoms with van der Waals surface area (Å²) in [6, 6.07) is 13.1. The van der Waals surface area contributed by atoms with E-state index in [9.17, 15) is 18.0 Å². The number of hydrogen-bond donors (Lipinski definition) is 0. The van der Waals surface area contributed by atoms with Crippen molar-refractivity contribution < 1.29 is 27.4 Å². The Bertz CT molecular complexity index is 657. The van der Waals surface area contributed by atoms with Crippen LogP contribution in [-0.2, 0) is 20.9 Å². The van der Waals surface area contributed by atoms with E-state index in [1.165, 1.54) is 6.92 Å². The van der Waals surface area contributed by atoms with Gasteiger partial charge in [-0.15, -0.1) is 0 Å². The van der Waals surface area contributed by atoms with E-state index in [0.29, 0.717) is 5.56 Å². The van der Waals surface area contributed by atoms with Crippen LogP contribution >= 0.6 is 0 Å². The van der Waals surface area contributed by atoms with Gasteiger partial charge < -0.3 is 9.47 Å². The average Bonchev–Trinajstić information content (AvgIpc) is 2.57. The van der Waals surface area contributed by atoms with E-state index in [1.54, 1.807) is 30.3 Å². The number of halogens is 3. The normalized spacial score (nSPS) is 12.7. The Morgan fingerprint density at radius 3 is 2.29 bits per heavy atom. The molecule has 2 aromatic carbocycles. The Balaban J connectivity index is 2.26. The molecule has 6 heteroatoms. The third-order valence-electron chi connectivity index (χ3n) is 3.31. The molecule has 0 bridgehead atoms. The Kier molecular flexibility index (Phi) is 5.98. The zero-order valence-electron chi connectivity index (χ0n) is 13.0. The molecular formula is C18H17F3O3. The summed E-state index contributed by atoms with van der Waals surface area (Å²) in [5, 5.41) is 0. The van der Waals surface area contributed by atoms with Crippen LogP contribution in [0.1, 0.15) is 24.2 Å². The van der Waals surface area contributed by atoms with Gasteiger partial charge in [-0.05, 0) is 30.2 Å². The van der Waals surface area contributed by atoms with Crippen LogP contribution in [0.25, 0.3) is 0 Å². The van der Waals surface area contributed by atoms with Crippen LogP contribution in [-0.4, -0.2) is 18.5 Å². The van der Waals surface area contributed by atoms with Crippen molar-refractivity contribution >= 4 is 5.97 Å². The molecule has 0 aliphatic carbocycles. The van der Waals surface area contributed by atoms with Crippen LogP contribution < -0.4 is 0 Å². The molecule has 0 N–H and O–H groups in total. The van der Waals surface area contributed by atoms with E-state index < -0.39 is 23.8 Å². The van der Waals surface area contributed by atoms with E-state index in [1.807, 2.05) is 0 Å². The molecule has 0 radical (unpaired) electrons. The molecule has 128 valence electrons. The van der Waals surface area contributed by atoms with E-state index in [4.69, 9.17) is 4.74 Å². The van der Waals surface area contributed by atoms with Crippen molar-refractivity contribution in [2.24, 2.45) is 0 Å². The average molecular weight is 338 g/mol. The maximum absolute atomic E-state index is 14.5. The fourth-order valence-corrected chi connectivity index (χ4v) is 2.14. The number of carbonyl (C=O) groups excluding carboxylic acids is 1. The molecule has 0 amide bonds. The monoisotopic (exact) mass is 338 g/mol. The number of hydrogen-bond acceptors (Lipinski definition) is 3. The van der Waals surface area contributed by atoms with Crippen LogP contribution in [0, 0.1) is 5.82 Å². The molecule has 0 saturated carbocycles. The fraction of sp³-hybridized carbons (Fsp3) is 0.278. The minimum Gasteiger partial charge on any atom is -0.461 e. The summed E-state index contributed by atoms with van der Waals surface area (Å²) in [7, 11) is 0. The quantitative estimate of drug-likeness (QED) is 0.707. The lowest BCUT2D eigenvalue weighted by molar-refractivity contribution is -0.197. The first-order chi connectivity index (χ1) is 11.4. The molecule has 1 unspecified atom stereocenters. The van der Waals surface area contributed by atoms with Gasteiger partial charge in [-0.1, -0.05) is 42.5 Å². The van der Waals surface area contributed by atoms with Gasteiger partial charge in [0.25, 0.3) is 0 Å². The number of esters is 1. The molecule has 24 heavy (non-hydrogen) atoms. The summed E-state index contributed by atoms with van der Waals surface area (Å²) in [5.41, 5.74) is 0.662. The Morgan fingerprint density at radius 2 is 1.71 bits per heavy atom. The van der Waals surface area contributed by atoms with Crippen LogP contribution in [0.15, 0.2) is 54.6 Å². The first kappa shape index (κ1) is 18.0. The topological polar surface area (TPSA) is 35.5 Å². The van der Waals surface area contributed by atoms with Gasteiger partial charge in [0.15, 0.2) is 6.10 Å². The zero-order valence-corrected chi connectivity index (χ0v) is 13.0. The first-order valence-corrected chi connectivity index (χ1v) is 7.41. The lowest BCUT2D eigenvalue weighted by Crippen LogP contribution is -2.38. The number of benzene rings is 2. The highest BCUT2D eigenvalue weighted by molar-refractivity contribution is 5.78. The van der Waals surface area contributed by atoms with Gasteiger partial charge in [-0.2, -0.15) is 8.78 Å². The second kappa shape index (κ2) is 7.97. The van der Waals surface area contributed by atoms with Gasteiger partial charge in [0.2, 0.25) is 0 Å². The maximum Gasteiger partial charge on any atom is 0.380 e. The second-order valence-electron chi connectivity index (χ2n) is 5.07. The highest BCUT2D eigenvalue weighted by Crippen LogP contribution is 2.36. The van der Waals surface area contributed by atoms with E-state index in [2.05, 4.69) is 4.74 Å². The molecular weight excluding hydrogens is 321 g/mol. The lowest BCUT2D eigenvalue weighted by atomic mass is 10.0. The highest BCUT2D eigenvalue weighted by Gasteiger charge is 2.50. The van der Waals surface area contributed by atoms with Gasteiger partial charge in [-0.25, -0.2) is 9.18 Å². The summed E-state index contributed by atoms with van der Waals surface area (Å²) in [5.74, 6) is -6.14. The van der Waals surface area contributed by atoms with Crippen molar-refractivity contribution in [3.05, 3.63) is 71.5 Å². The van der Waals surface area contributed by atoms with E-state index in [0.717, 1.165) is 24.3 Å². The van der Waals surface area contributed by atoms with Gasteiger partial charge in [0.1, 0.15) is 5.82 Å². The van der Waals surface area contributed by atoms with E-state index in [-0.39, 0.29) is 18.8 Å². The smallest absolute Gasteiger partial charge is 0.380 e. The standard InChI is InChI=1S/C18H17F3O3/c1-2-23-17(22)18(20,21)16(14-8-10-15(19)11-9-14)24-12-13-6-4-3-5-7-13/h3-11,16H,2,12H2,1H3. The molecule has 0 fully saturated rings. The van der Waals surface area contributed by atoms with Gasteiger partial charge in [0.05, 0.1) is 13.2 Å². The van der Waals surface area contributed by atoms with Crippen LogP contribution in [0.3, 0.4) is 0 Å². The van der Waals surface area contributed by atoms with Gasteiger partial charge >= 0.3 is 11.9 Å². The summed E-state index contributed by atoms with van der Waals surface area (Å²) in [6.45, 7) is 1.13. The Morgan fingerprint density at radius 1 is 1.08 bits per heavy atom. The molecule has 0 aromatic heterocycles. The molecule has 2 aromatic rings. The van der Waals surface area contributed by atoms with Crippen LogP contribution in [0.2, 0.25) is 0 Å². The molecule has 3 nitrogen and oxygen atoms in total. The predicted octanol–water partition coefficient (Wildman–Crippen LogP) is 4.28. The minimum absolute atomic E-state index is 0.00890.